The summed E-state index contributed by atoms with van der Waals surface area (Å²) in [5.74, 6) is -0.755. The highest BCUT2D eigenvalue weighted by atomic mass is 16.5. The van der Waals surface area contributed by atoms with E-state index >= 15 is 0 Å². The second kappa shape index (κ2) is 16.7. The predicted octanol–water partition coefficient (Wildman–Crippen LogP) is 3.99. The summed E-state index contributed by atoms with van der Waals surface area (Å²) in [5.41, 5.74) is 0. The van der Waals surface area contributed by atoms with Crippen LogP contribution in [-0.4, -0.2) is 38.2 Å². The molecular formula is C19H37NO4. The molecule has 24 heavy (non-hydrogen) atoms. The number of nitrogens with one attached hydrogen (secondary N) is 1. The van der Waals surface area contributed by atoms with Crippen LogP contribution in [0.4, 0.5) is 0 Å². The standard InChI is InChI=1S/C19H37NO4/c1-4-6-7-8-9-10-11-12-13-14-15-24-18(21)16-17(20-3)19(22)23-5-2/h17,20H,4-16H2,1-3H3. The Labute approximate surface area is 147 Å². The van der Waals surface area contributed by atoms with E-state index in [0.29, 0.717) is 13.2 Å². The van der Waals surface area contributed by atoms with E-state index in [1.807, 2.05) is 0 Å². The maximum absolute atomic E-state index is 11.7. The monoisotopic (exact) mass is 343 g/mol. The fourth-order valence-electron chi connectivity index (χ4n) is 2.55. The smallest absolute Gasteiger partial charge is 0.323 e. The number of carbonyl (C=O) groups is 2. The summed E-state index contributed by atoms with van der Waals surface area (Å²) < 4.78 is 10.1. The van der Waals surface area contributed by atoms with Gasteiger partial charge in [-0.1, -0.05) is 64.7 Å². The Morgan fingerprint density at radius 1 is 0.833 bits per heavy atom. The molecule has 0 bridgehead atoms. The van der Waals surface area contributed by atoms with Crippen molar-refractivity contribution in [2.24, 2.45) is 0 Å². The first kappa shape index (κ1) is 22.9. The highest BCUT2D eigenvalue weighted by Gasteiger charge is 2.21. The number of likely N-dealkylation sites (N-methyl/N-ethyl adjacent to an activating group) is 1. The van der Waals surface area contributed by atoms with Gasteiger partial charge in [0.15, 0.2) is 0 Å². The van der Waals surface area contributed by atoms with Crippen LogP contribution in [0, 0.1) is 0 Å². The van der Waals surface area contributed by atoms with Crippen LogP contribution in [0.15, 0.2) is 0 Å². The van der Waals surface area contributed by atoms with Crippen molar-refractivity contribution >= 4 is 11.9 Å². The maximum atomic E-state index is 11.7. The average molecular weight is 344 g/mol. The minimum atomic E-state index is -0.620. The number of carbonyl (C=O) groups excluding carboxylic acids is 2. The summed E-state index contributed by atoms with van der Waals surface area (Å²) >= 11 is 0. The fourth-order valence-corrected chi connectivity index (χ4v) is 2.55. The van der Waals surface area contributed by atoms with Crippen molar-refractivity contribution in [3.8, 4) is 0 Å². The Kier molecular flexibility index (Phi) is 16.0. The fraction of sp³-hybridized carbons (Fsp3) is 0.895. The molecule has 0 rings (SSSR count). The zero-order valence-corrected chi connectivity index (χ0v) is 15.9. The Bertz CT molecular complexity index is 320. The van der Waals surface area contributed by atoms with Gasteiger partial charge in [-0.25, -0.2) is 0 Å². The van der Waals surface area contributed by atoms with Crippen LogP contribution in [0.25, 0.3) is 0 Å². The molecule has 0 fully saturated rings. The SMILES string of the molecule is CCCCCCCCCCCCOC(=O)CC(NC)C(=O)OCC. The second-order valence-electron chi connectivity index (χ2n) is 6.20. The topological polar surface area (TPSA) is 64.6 Å². The van der Waals surface area contributed by atoms with E-state index in [1.54, 1.807) is 14.0 Å². The van der Waals surface area contributed by atoms with E-state index in [2.05, 4.69) is 12.2 Å². The molecule has 0 aliphatic carbocycles. The lowest BCUT2D eigenvalue weighted by Crippen LogP contribution is -2.38. The van der Waals surface area contributed by atoms with Gasteiger partial charge in [0, 0.05) is 0 Å². The molecule has 0 spiro atoms. The molecule has 0 amide bonds. The summed E-state index contributed by atoms with van der Waals surface area (Å²) in [6.07, 6.45) is 12.5. The molecule has 5 heteroatoms. The largest absolute Gasteiger partial charge is 0.466 e. The van der Waals surface area contributed by atoms with Crippen molar-refractivity contribution in [2.45, 2.75) is 90.5 Å². The molecule has 142 valence electrons. The minimum Gasteiger partial charge on any atom is -0.466 e. The van der Waals surface area contributed by atoms with Gasteiger partial charge >= 0.3 is 11.9 Å². The third-order valence-electron chi connectivity index (χ3n) is 4.05. The summed E-state index contributed by atoms with van der Waals surface area (Å²) in [7, 11) is 1.64. The molecule has 0 aromatic heterocycles. The predicted molar refractivity (Wildman–Crippen MR) is 96.9 cm³/mol. The number of ether oxygens (including phenoxy) is 2. The van der Waals surface area contributed by atoms with E-state index in [9.17, 15) is 9.59 Å². The third-order valence-corrected chi connectivity index (χ3v) is 4.05. The van der Waals surface area contributed by atoms with Crippen LogP contribution in [0.3, 0.4) is 0 Å². The molecule has 0 aliphatic rings. The van der Waals surface area contributed by atoms with Crippen molar-refractivity contribution in [2.75, 3.05) is 20.3 Å². The normalized spacial score (nSPS) is 12.0. The quantitative estimate of drug-likeness (QED) is 0.339. The van der Waals surface area contributed by atoms with Gasteiger partial charge in [0.1, 0.15) is 6.04 Å². The molecule has 0 saturated heterocycles. The molecule has 1 atom stereocenters. The van der Waals surface area contributed by atoms with Crippen LogP contribution in [0.2, 0.25) is 0 Å². The Balaban J connectivity index is 3.50. The molecule has 5 nitrogen and oxygen atoms in total. The van der Waals surface area contributed by atoms with Gasteiger partial charge in [0.25, 0.3) is 0 Å². The molecule has 0 saturated carbocycles. The third kappa shape index (κ3) is 13.3. The Morgan fingerprint density at radius 2 is 1.38 bits per heavy atom. The van der Waals surface area contributed by atoms with E-state index < -0.39 is 12.0 Å². The van der Waals surface area contributed by atoms with Crippen LogP contribution >= 0.6 is 0 Å². The maximum Gasteiger partial charge on any atom is 0.323 e. The second-order valence-corrected chi connectivity index (χ2v) is 6.20. The summed E-state index contributed by atoms with van der Waals surface area (Å²) in [6, 6.07) is -0.620. The molecule has 1 N–H and O–H groups in total. The van der Waals surface area contributed by atoms with Crippen LogP contribution in [0.5, 0.6) is 0 Å². The molecule has 0 heterocycles. The number of esters is 2. The number of unbranched alkanes of at least 4 members (excludes halogenated alkanes) is 9. The molecule has 0 aliphatic heterocycles. The van der Waals surface area contributed by atoms with Gasteiger partial charge in [-0.05, 0) is 20.4 Å². The van der Waals surface area contributed by atoms with Crippen LogP contribution in [0.1, 0.15) is 84.5 Å². The molecule has 0 radical (unpaired) electrons. The number of rotatable bonds is 16. The van der Waals surface area contributed by atoms with Crippen LogP contribution < -0.4 is 5.32 Å². The molecule has 0 aromatic rings. The molecular weight excluding hydrogens is 306 g/mol. The van der Waals surface area contributed by atoms with Crippen molar-refractivity contribution in [1.82, 2.24) is 5.32 Å². The first-order valence-electron chi connectivity index (χ1n) is 9.65. The van der Waals surface area contributed by atoms with E-state index in [-0.39, 0.29) is 12.4 Å². The lowest BCUT2D eigenvalue weighted by Gasteiger charge is -2.13. The summed E-state index contributed by atoms with van der Waals surface area (Å²) in [5, 5.41) is 2.79. The van der Waals surface area contributed by atoms with E-state index in [0.717, 1.165) is 12.8 Å². The number of hydrogen-bond acceptors (Lipinski definition) is 5. The van der Waals surface area contributed by atoms with Crippen LogP contribution in [-0.2, 0) is 19.1 Å². The lowest BCUT2D eigenvalue weighted by atomic mass is 10.1. The average Bonchev–Trinajstić information content (AvgIpc) is 2.57. The van der Waals surface area contributed by atoms with E-state index in [4.69, 9.17) is 9.47 Å². The Morgan fingerprint density at radius 3 is 1.88 bits per heavy atom. The van der Waals surface area contributed by atoms with Gasteiger partial charge in [0.2, 0.25) is 0 Å². The molecule has 0 aromatic carbocycles. The number of hydrogen-bond donors (Lipinski definition) is 1. The summed E-state index contributed by atoms with van der Waals surface area (Å²) in [4.78, 5) is 23.3. The van der Waals surface area contributed by atoms with Gasteiger partial charge in [-0.2, -0.15) is 0 Å². The summed E-state index contributed by atoms with van der Waals surface area (Å²) in [6.45, 7) is 4.73. The van der Waals surface area contributed by atoms with Gasteiger partial charge < -0.3 is 14.8 Å². The van der Waals surface area contributed by atoms with Gasteiger partial charge in [-0.3, -0.25) is 9.59 Å². The molecule has 1 unspecified atom stereocenters. The minimum absolute atomic E-state index is 0.0209. The highest BCUT2D eigenvalue weighted by Crippen LogP contribution is 2.10. The van der Waals surface area contributed by atoms with Gasteiger partial charge in [0.05, 0.1) is 19.6 Å². The highest BCUT2D eigenvalue weighted by molar-refractivity contribution is 5.82. The Hall–Kier alpha value is -1.10. The van der Waals surface area contributed by atoms with E-state index in [1.165, 1.54) is 51.4 Å². The van der Waals surface area contributed by atoms with Crippen molar-refractivity contribution in [3.63, 3.8) is 0 Å². The van der Waals surface area contributed by atoms with Crippen molar-refractivity contribution in [1.29, 1.82) is 0 Å². The van der Waals surface area contributed by atoms with Crippen molar-refractivity contribution < 1.29 is 19.1 Å². The lowest BCUT2D eigenvalue weighted by molar-refractivity contribution is -0.152. The first-order chi connectivity index (χ1) is 11.7. The van der Waals surface area contributed by atoms with Gasteiger partial charge in [-0.15, -0.1) is 0 Å². The zero-order chi connectivity index (χ0) is 18.0. The van der Waals surface area contributed by atoms with Crippen molar-refractivity contribution in [3.05, 3.63) is 0 Å². The first-order valence-corrected chi connectivity index (χ1v) is 9.65. The zero-order valence-electron chi connectivity index (χ0n) is 15.9.